The molecule has 2 aromatic rings. The minimum Gasteiger partial charge on any atom is -0.478 e. The van der Waals surface area contributed by atoms with Crippen LogP contribution in [0.4, 0.5) is 0 Å². The van der Waals surface area contributed by atoms with Crippen molar-refractivity contribution in [3.63, 3.8) is 0 Å². The van der Waals surface area contributed by atoms with E-state index in [1.54, 1.807) is 12.1 Å². The van der Waals surface area contributed by atoms with Gasteiger partial charge in [0.25, 0.3) is 0 Å². The maximum absolute atomic E-state index is 11.2. The molecule has 0 aliphatic rings. The van der Waals surface area contributed by atoms with E-state index in [2.05, 4.69) is 31.9 Å². The van der Waals surface area contributed by atoms with Crippen molar-refractivity contribution in [2.75, 3.05) is 0 Å². The van der Waals surface area contributed by atoms with Gasteiger partial charge in [0, 0.05) is 0 Å². The Hall–Kier alpha value is -1.13. The molecular weight excluding hydrogens is 372 g/mol. The fraction of sp³-hybridized carbons (Fsp3) is 0.133. The predicted octanol–water partition coefficient (Wildman–Crippen LogP) is 4.96. The molecule has 0 radical (unpaired) electrons. The summed E-state index contributed by atoms with van der Waals surface area (Å²) in [6.07, 6.45) is 0. The second-order valence-corrected chi connectivity index (χ2v) is 6.08. The molecule has 2 nitrogen and oxygen atoms in total. The summed E-state index contributed by atoms with van der Waals surface area (Å²) in [7, 11) is 0. The Labute approximate surface area is 128 Å². The topological polar surface area (TPSA) is 37.3 Å². The highest BCUT2D eigenvalue weighted by atomic mass is 79.9. The number of benzene rings is 2. The molecule has 2 atom stereocenters. The number of aromatic carboxylic acids is 1. The lowest BCUT2D eigenvalue weighted by atomic mass is 9.99. The first-order valence-corrected chi connectivity index (χ1v) is 7.59. The van der Waals surface area contributed by atoms with E-state index in [4.69, 9.17) is 0 Å². The smallest absolute Gasteiger partial charge is 0.336 e. The molecular formula is C15H12Br2O2. The van der Waals surface area contributed by atoms with Crippen molar-refractivity contribution in [2.45, 2.75) is 9.65 Å². The van der Waals surface area contributed by atoms with Gasteiger partial charge in [0.15, 0.2) is 0 Å². The van der Waals surface area contributed by atoms with Crippen molar-refractivity contribution in [1.82, 2.24) is 0 Å². The number of alkyl halides is 2. The van der Waals surface area contributed by atoms with Crippen LogP contribution in [0.1, 0.15) is 31.1 Å². The average Bonchev–Trinajstić information content (AvgIpc) is 2.46. The van der Waals surface area contributed by atoms with E-state index in [1.165, 1.54) is 0 Å². The fourth-order valence-electron chi connectivity index (χ4n) is 1.90. The maximum atomic E-state index is 11.2. The molecule has 0 saturated carbocycles. The van der Waals surface area contributed by atoms with Crippen LogP contribution < -0.4 is 0 Å². The Morgan fingerprint density at radius 1 is 0.895 bits per heavy atom. The van der Waals surface area contributed by atoms with Crippen molar-refractivity contribution in [2.24, 2.45) is 0 Å². The number of carboxylic acids is 1. The molecule has 19 heavy (non-hydrogen) atoms. The molecule has 0 aromatic heterocycles. The normalized spacial score (nSPS) is 13.8. The van der Waals surface area contributed by atoms with Gasteiger partial charge < -0.3 is 5.11 Å². The van der Waals surface area contributed by atoms with Gasteiger partial charge in [-0.15, -0.1) is 0 Å². The molecule has 2 aromatic carbocycles. The molecule has 0 spiro atoms. The first kappa shape index (κ1) is 14.3. The van der Waals surface area contributed by atoms with Gasteiger partial charge in [-0.2, -0.15) is 0 Å². The highest BCUT2D eigenvalue weighted by Gasteiger charge is 2.23. The monoisotopic (exact) mass is 382 g/mol. The van der Waals surface area contributed by atoms with Gasteiger partial charge >= 0.3 is 5.97 Å². The third kappa shape index (κ3) is 3.25. The van der Waals surface area contributed by atoms with E-state index in [-0.39, 0.29) is 9.65 Å². The minimum absolute atomic E-state index is 0.00852. The van der Waals surface area contributed by atoms with Crippen LogP contribution >= 0.6 is 31.9 Å². The van der Waals surface area contributed by atoms with Gasteiger partial charge in [0.05, 0.1) is 15.2 Å². The number of carbonyl (C=O) groups is 1. The minimum atomic E-state index is -0.909. The average molecular weight is 384 g/mol. The summed E-state index contributed by atoms with van der Waals surface area (Å²) in [5.74, 6) is -0.909. The van der Waals surface area contributed by atoms with E-state index in [9.17, 15) is 9.90 Å². The zero-order chi connectivity index (χ0) is 13.8. The fourth-order valence-corrected chi connectivity index (χ4v) is 3.19. The summed E-state index contributed by atoms with van der Waals surface area (Å²) in [6.45, 7) is 0. The molecule has 0 saturated heterocycles. The van der Waals surface area contributed by atoms with Crippen molar-refractivity contribution < 1.29 is 9.90 Å². The molecule has 0 heterocycles. The van der Waals surface area contributed by atoms with Crippen molar-refractivity contribution in [1.29, 1.82) is 0 Å². The number of carboxylic acid groups (broad SMARTS) is 1. The first-order valence-electron chi connectivity index (χ1n) is 5.76. The van der Waals surface area contributed by atoms with Crippen molar-refractivity contribution in [3.8, 4) is 0 Å². The quantitative estimate of drug-likeness (QED) is 0.757. The van der Waals surface area contributed by atoms with Gasteiger partial charge in [-0.25, -0.2) is 4.79 Å². The van der Waals surface area contributed by atoms with Gasteiger partial charge in [-0.1, -0.05) is 80.4 Å². The Morgan fingerprint density at radius 2 is 1.47 bits per heavy atom. The van der Waals surface area contributed by atoms with E-state index >= 15 is 0 Å². The summed E-state index contributed by atoms with van der Waals surface area (Å²) < 4.78 is 0. The zero-order valence-electron chi connectivity index (χ0n) is 9.96. The summed E-state index contributed by atoms with van der Waals surface area (Å²) in [5.41, 5.74) is 2.19. The lowest BCUT2D eigenvalue weighted by Gasteiger charge is -2.19. The molecule has 2 rings (SSSR count). The van der Waals surface area contributed by atoms with Crippen LogP contribution in [0.2, 0.25) is 0 Å². The Morgan fingerprint density at radius 3 is 2.11 bits per heavy atom. The molecule has 4 heteroatoms. The lowest BCUT2D eigenvalue weighted by Crippen LogP contribution is -2.07. The largest absolute Gasteiger partial charge is 0.478 e. The van der Waals surface area contributed by atoms with Crippen LogP contribution in [0.25, 0.3) is 0 Å². The second-order valence-electron chi connectivity index (χ2n) is 4.11. The van der Waals surface area contributed by atoms with Gasteiger partial charge in [-0.05, 0) is 17.2 Å². The number of halogens is 2. The SMILES string of the molecule is O=C(O)c1ccccc1[C@H](Br)[C@H](Br)c1ccccc1. The number of hydrogen-bond acceptors (Lipinski definition) is 1. The first-order chi connectivity index (χ1) is 9.11. The highest BCUT2D eigenvalue weighted by molar-refractivity contribution is 9.12. The number of rotatable bonds is 4. The molecule has 0 aliphatic carbocycles. The van der Waals surface area contributed by atoms with Crippen LogP contribution in [0.15, 0.2) is 54.6 Å². The summed E-state index contributed by atoms with van der Waals surface area (Å²) in [4.78, 5) is 11.1. The second kappa shape index (κ2) is 6.35. The molecule has 0 amide bonds. The lowest BCUT2D eigenvalue weighted by molar-refractivity contribution is 0.0695. The van der Waals surface area contributed by atoms with Gasteiger partial charge in [0.2, 0.25) is 0 Å². The van der Waals surface area contributed by atoms with Crippen LogP contribution in [-0.2, 0) is 0 Å². The molecule has 0 unspecified atom stereocenters. The van der Waals surface area contributed by atoms with Crippen molar-refractivity contribution >= 4 is 37.8 Å². The standard InChI is InChI=1S/C15H12Br2O2/c16-13(10-6-2-1-3-7-10)14(17)11-8-4-5-9-12(11)15(18)19/h1-9,13-14H,(H,18,19)/t13-,14+/m1/s1. The maximum Gasteiger partial charge on any atom is 0.336 e. The van der Waals surface area contributed by atoms with E-state index in [0.717, 1.165) is 11.1 Å². The molecule has 1 N–H and O–H groups in total. The Kier molecular flexibility index (Phi) is 4.77. The van der Waals surface area contributed by atoms with Gasteiger partial charge in [-0.3, -0.25) is 0 Å². The molecule has 0 bridgehead atoms. The molecule has 98 valence electrons. The van der Waals surface area contributed by atoms with Crippen molar-refractivity contribution in [3.05, 3.63) is 71.3 Å². The van der Waals surface area contributed by atoms with Crippen LogP contribution in [-0.4, -0.2) is 11.1 Å². The zero-order valence-corrected chi connectivity index (χ0v) is 13.1. The Balaban J connectivity index is 2.34. The van der Waals surface area contributed by atoms with Crippen LogP contribution in [0, 0.1) is 0 Å². The van der Waals surface area contributed by atoms with E-state index in [1.807, 2.05) is 42.5 Å². The highest BCUT2D eigenvalue weighted by Crippen LogP contribution is 2.43. The molecule has 0 aliphatic heterocycles. The summed E-state index contributed by atoms with van der Waals surface area (Å²) >= 11 is 7.23. The predicted molar refractivity (Wildman–Crippen MR) is 83.2 cm³/mol. The number of hydrogen-bond donors (Lipinski definition) is 1. The van der Waals surface area contributed by atoms with Gasteiger partial charge in [0.1, 0.15) is 0 Å². The van der Waals surface area contributed by atoms with E-state index in [0.29, 0.717) is 5.56 Å². The summed E-state index contributed by atoms with van der Waals surface area (Å²) in [5, 5.41) is 9.23. The van der Waals surface area contributed by atoms with Crippen LogP contribution in [0.3, 0.4) is 0 Å². The third-order valence-corrected chi connectivity index (χ3v) is 5.65. The summed E-state index contributed by atoms with van der Waals surface area (Å²) in [6, 6.07) is 16.9. The molecule has 0 fully saturated rings. The van der Waals surface area contributed by atoms with Crippen LogP contribution in [0.5, 0.6) is 0 Å². The third-order valence-electron chi connectivity index (χ3n) is 2.86. The van der Waals surface area contributed by atoms with E-state index < -0.39 is 5.97 Å². The Bertz CT molecular complexity index is 569.